The number of amides is 2. The minimum Gasteiger partial charge on any atom is -0.394 e. The number of nitrogens with zero attached hydrogens (tertiary/aromatic N) is 1. The van der Waals surface area contributed by atoms with Gasteiger partial charge in [0.15, 0.2) is 5.82 Å². The number of hydrogen-bond acceptors (Lipinski definition) is 5. The summed E-state index contributed by atoms with van der Waals surface area (Å²) in [6, 6.07) is 13.5. The molecule has 2 aromatic heterocycles. The average molecular weight is 356 g/mol. The highest BCUT2D eigenvalue weighted by atomic mass is 32.1. The summed E-state index contributed by atoms with van der Waals surface area (Å²) < 4.78 is 0. The van der Waals surface area contributed by atoms with Crippen molar-refractivity contribution in [2.45, 2.75) is 6.04 Å². The molecule has 0 radical (unpaired) electrons. The fraction of sp³-hybridized carbons (Fsp3) is 0.118. The quantitative estimate of drug-likeness (QED) is 0.541. The number of H-pyrrole nitrogens is 1. The predicted octanol–water partition coefficient (Wildman–Crippen LogP) is 1.87. The molecule has 0 spiro atoms. The molecule has 4 N–H and O–H groups in total. The molecule has 7 nitrogen and oxygen atoms in total. The maximum Gasteiger partial charge on any atom is 0.262 e. The summed E-state index contributed by atoms with van der Waals surface area (Å²) >= 11 is 1.26. The molecule has 0 saturated heterocycles. The van der Waals surface area contributed by atoms with E-state index < -0.39 is 24.5 Å². The van der Waals surface area contributed by atoms with Crippen LogP contribution in [0.25, 0.3) is 11.3 Å². The van der Waals surface area contributed by atoms with Gasteiger partial charge < -0.3 is 15.7 Å². The molecule has 2 heterocycles. The van der Waals surface area contributed by atoms with Gasteiger partial charge in [0.1, 0.15) is 6.04 Å². The number of aliphatic hydroxyl groups excluding tert-OH is 1. The van der Waals surface area contributed by atoms with Crippen molar-refractivity contribution in [3.05, 3.63) is 58.8 Å². The van der Waals surface area contributed by atoms with Crippen molar-refractivity contribution < 1.29 is 14.7 Å². The summed E-state index contributed by atoms with van der Waals surface area (Å²) in [4.78, 5) is 24.7. The van der Waals surface area contributed by atoms with Gasteiger partial charge in [-0.3, -0.25) is 14.7 Å². The predicted molar refractivity (Wildman–Crippen MR) is 95.3 cm³/mol. The van der Waals surface area contributed by atoms with E-state index in [-0.39, 0.29) is 0 Å². The SMILES string of the molecule is O=C(N[C@@H](CO)C(=O)Nc1cc(-c2ccccc2)[nH]n1)c1cccs1. The number of thiophene rings is 1. The second-order valence-electron chi connectivity index (χ2n) is 5.21. The molecular weight excluding hydrogens is 340 g/mol. The van der Waals surface area contributed by atoms with Crippen LogP contribution in [-0.4, -0.2) is 39.8 Å². The number of carbonyl (C=O) groups is 2. The maximum absolute atomic E-state index is 12.3. The fourth-order valence-electron chi connectivity index (χ4n) is 2.20. The Morgan fingerprint density at radius 1 is 1.20 bits per heavy atom. The molecule has 0 bridgehead atoms. The van der Waals surface area contributed by atoms with Crippen molar-refractivity contribution >= 4 is 29.0 Å². The van der Waals surface area contributed by atoms with Crippen LogP contribution in [0, 0.1) is 0 Å². The van der Waals surface area contributed by atoms with E-state index in [9.17, 15) is 14.7 Å². The molecule has 128 valence electrons. The number of aromatic nitrogens is 2. The lowest BCUT2D eigenvalue weighted by Gasteiger charge is -2.14. The first-order valence-electron chi connectivity index (χ1n) is 7.54. The summed E-state index contributed by atoms with van der Waals surface area (Å²) in [6.07, 6.45) is 0. The van der Waals surface area contributed by atoms with Crippen LogP contribution in [0.15, 0.2) is 53.9 Å². The number of carbonyl (C=O) groups excluding carboxylic acids is 2. The van der Waals surface area contributed by atoms with Crippen LogP contribution >= 0.6 is 11.3 Å². The second kappa shape index (κ2) is 7.73. The highest BCUT2D eigenvalue weighted by Gasteiger charge is 2.22. The number of aliphatic hydroxyl groups is 1. The highest BCUT2D eigenvalue weighted by molar-refractivity contribution is 7.12. The van der Waals surface area contributed by atoms with Gasteiger partial charge in [0.2, 0.25) is 0 Å². The van der Waals surface area contributed by atoms with E-state index in [0.717, 1.165) is 11.3 Å². The summed E-state index contributed by atoms with van der Waals surface area (Å²) in [6.45, 7) is -0.515. The Morgan fingerprint density at radius 2 is 2.00 bits per heavy atom. The van der Waals surface area contributed by atoms with Crippen LogP contribution in [0.4, 0.5) is 5.82 Å². The first-order chi connectivity index (χ1) is 12.2. The monoisotopic (exact) mass is 356 g/mol. The zero-order valence-corrected chi connectivity index (χ0v) is 13.9. The van der Waals surface area contributed by atoms with Crippen LogP contribution in [0.5, 0.6) is 0 Å². The lowest BCUT2D eigenvalue weighted by atomic mass is 10.1. The van der Waals surface area contributed by atoms with Gasteiger partial charge in [-0.25, -0.2) is 0 Å². The van der Waals surface area contributed by atoms with E-state index in [2.05, 4.69) is 20.8 Å². The van der Waals surface area contributed by atoms with Gasteiger partial charge in [0.05, 0.1) is 17.2 Å². The molecule has 0 unspecified atom stereocenters. The Balaban J connectivity index is 1.64. The Labute approximate surface area is 147 Å². The third kappa shape index (κ3) is 4.11. The minimum atomic E-state index is -1.06. The molecule has 3 aromatic rings. The number of benzene rings is 1. The molecule has 1 atom stereocenters. The Bertz CT molecular complexity index is 846. The number of nitrogens with one attached hydrogen (secondary N) is 3. The average Bonchev–Trinajstić information content (AvgIpc) is 3.32. The fourth-order valence-corrected chi connectivity index (χ4v) is 2.82. The first-order valence-corrected chi connectivity index (χ1v) is 8.42. The minimum absolute atomic E-state index is 0.313. The Kier molecular flexibility index (Phi) is 5.22. The normalized spacial score (nSPS) is 11.7. The summed E-state index contributed by atoms with van der Waals surface area (Å²) in [5, 5.41) is 23.1. The summed E-state index contributed by atoms with van der Waals surface area (Å²) in [5.74, 6) is -0.637. The lowest BCUT2D eigenvalue weighted by molar-refractivity contribution is -0.118. The largest absolute Gasteiger partial charge is 0.394 e. The van der Waals surface area contributed by atoms with E-state index >= 15 is 0 Å². The standard InChI is InChI=1S/C17H16N4O3S/c22-10-13(18-17(24)14-7-4-8-25-14)16(23)19-15-9-12(20-21-15)11-5-2-1-3-6-11/h1-9,13,22H,10H2,(H,18,24)(H2,19,20,21,23)/t13-/m0/s1. The van der Waals surface area contributed by atoms with Gasteiger partial charge in [-0.15, -0.1) is 11.3 Å². The molecule has 1 aromatic carbocycles. The molecule has 3 rings (SSSR count). The van der Waals surface area contributed by atoms with Gasteiger partial charge in [-0.05, 0) is 17.0 Å². The first kappa shape index (κ1) is 16.9. The van der Waals surface area contributed by atoms with Crippen LogP contribution in [0.2, 0.25) is 0 Å². The van der Waals surface area contributed by atoms with Crippen LogP contribution < -0.4 is 10.6 Å². The topological polar surface area (TPSA) is 107 Å². The Morgan fingerprint density at radius 3 is 2.68 bits per heavy atom. The van der Waals surface area contributed by atoms with Crippen LogP contribution in [0.3, 0.4) is 0 Å². The van der Waals surface area contributed by atoms with Gasteiger partial charge in [0.25, 0.3) is 11.8 Å². The van der Waals surface area contributed by atoms with Crippen molar-refractivity contribution in [2.75, 3.05) is 11.9 Å². The molecule has 2 amide bonds. The van der Waals surface area contributed by atoms with E-state index in [1.54, 1.807) is 23.6 Å². The summed E-state index contributed by atoms with van der Waals surface area (Å²) in [5.41, 5.74) is 1.68. The van der Waals surface area contributed by atoms with Crippen molar-refractivity contribution in [1.29, 1.82) is 0 Å². The van der Waals surface area contributed by atoms with Crippen LogP contribution in [-0.2, 0) is 4.79 Å². The number of rotatable bonds is 6. The number of anilines is 1. The van der Waals surface area contributed by atoms with Gasteiger partial charge >= 0.3 is 0 Å². The van der Waals surface area contributed by atoms with Gasteiger partial charge in [-0.2, -0.15) is 5.10 Å². The Hall–Kier alpha value is -2.97. The zero-order valence-electron chi connectivity index (χ0n) is 13.1. The smallest absolute Gasteiger partial charge is 0.262 e. The van der Waals surface area contributed by atoms with Crippen molar-refractivity contribution in [3.63, 3.8) is 0 Å². The van der Waals surface area contributed by atoms with Crippen molar-refractivity contribution in [3.8, 4) is 11.3 Å². The molecule has 0 aliphatic heterocycles. The van der Waals surface area contributed by atoms with Crippen molar-refractivity contribution in [1.82, 2.24) is 15.5 Å². The third-order valence-electron chi connectivity index (χ3n) is 3.46. The summed E-state index contributed by atoms with van der Waals surface area (Å²) in [7, 11) is 0. The highest BCUT2D eigenvalue weighted by Crippen LogP contribution is 2.19. The van der Waals surface area contributed by atoms with Gasteiger partial charge in [0, 0.05) is 6.07 Å². The number of aromatic amines is 1. The second-order valence-corrected chi connectivity index (χ2v) is 6.16. The molecular formula is C17H16N4O3S. The number of hydrogen-bond donors (Lipinski definition) is 4. The maximum atomic E-state index is 12.3. The van der Waals surface area contributed by atoms with Crippen molar-refractivity contribution in [2.24, 2.45) is 0 Å². The molecule has 0 saturated carbocycles. The zero-order chi connectivity index (χ0) is 17.6. The van der Waals surface area contributed by atoms with Crippen LogP contribution in [0.1, 0.15) is 9.67 Å². The van der Waals surface area contributed by atoms with E-state index in [0.29, 0.717) is 10.7 Å². The molecule has 0 aliphatic carbocycles. The molecule has 0 fully saturated rings. The third-order valence-corrected chi connectivity index (χ3v) is 4.33. The lowest BCUT2D eigenvalue weighted by Crippen LogP contribution is -2.46. The van der Waals surface area contributed by atoms with E-state index in [1.165, 1.54) is 11.3 Å². The molecule has 25 heavy (non-hydrogen) atoms. The molecule has 8 heteroatoms. The van der Waals surface area contributed by atoms with E-state index in [1.807, 2.05) is 30.3 Å². The molecule has 0 aliphatic rings. The van der Waals surface area contributed by atoms with E-state index in [4.69, 9.17) is 0 Å². The van der Waals surface area contributed by atoms with Gasteiger partial charge in [-0.1, -0.05) is 36.4 Å².